The van der Waals surface area contributed by atoms with E-state index in [9.17, 15) is 0 Å². The second-order valence-electron chi connectivity index (χ2n) is 6.93. The average Bonchev–Trinajstić information content (AvgIpc) is 2.33. The third kappa shape index (κ3) is 4.21. The lowest BCUT2D eigenvalue weighted by Gasteiger charge is -2.37. The zero-order valence-corrected chi connectivity index (χ0v) is 12.8. The van der Waals surface area contributed by atoms with E-state index in [4.69, 9.17) is 0 Å². The van der Waals surface area contributed by atoms with Gasteiger partial charge >= 0.3 is 0 Å². The molecule has 1 nitrogen and oxygen atoms in total. The molecule has 0 saturated heterocycles. The summed E-state index contributed by atoms with van der Waals surface area (Å²) in [6.45, 7) is 5.87. The third-order valence-electron chi connectivity index (χ3n) is 4.11. The van der Waals surface area contributed by atoms with Crippen LogP contribution < -0.4 is 0 Å². The molecule has 1 aliphatic carbocycles. The van der Waals surface area contributed by atoms with Crippen molar-refractivity contribution in [3.63, 3.8) is 0 Å². The summed E-state index contributed by atoms with van der Waals surface area (Å²) in [5, 5.41) is 0. The van der Waals surface area contributed by atoms with Crippen molar-refractivity contribution in [3.8, 4) is 0 Å². The summed E-state index contributed by atoms with van der Waals surface area (Å²) in [5.41, 5.74) is 1.82. The van der Waals surface area contributed by atoms with Crippen molar-refractivity contribution in [3.05, 3.63) is 48.0 Å². The maximum atomic E-state index is 2.46. The minimum absolute atomic E-state index is 0.349. The molecule has 19 heavy (non-hydrogen) atoms. The minimum Gasteiger partial charge on any atom is -0.309 e. The van der Waals surface area contributed by atoms with Gasteiger partial charge < -0.3 is 4.90 Å². The lowest BCUT2D eigenvalue weighted by atomic mass is 9.70. The van der Waals surface area contributed by atoms with Crippen molar-refractivity contribution in [1.82, 2.24) is 4.90 Å². The second-order valence-corrected chi connectivity index (χ2v) is 6.93. The fourth-order valence-electron chi connectivity index (χ4n) is 3.21. The highest BCUT2D eigenvalue weighted by Crippen LogP contribution is 2.38. The molecule has 0 aromatic heterocycles. The van der Waals surface area contributed by atoms with Gasteiger partial charge in [0.2, 0.25) is 0 Å². The normalized spacial score (nSPS) is 25.7. The molecule has 0 saturated carbocycles. The smallest absolute Gasteiger partial charge is 0.00410 e. The summed E-state index contributed by atoms with van der Waals surface area (Å²) in [4.78, 5) is 2.31. The van der Waals surface area contributed by atoms with Crippen LogP contribution in [0, 0.1) is 17.3 Å². The van der Waals surface area contributed by atoms with Gasteiger partial charge in [0.1, 0.15) is 0 Å². The van der Waals surface area contributed by atoms with Crippen molar-refractivity contribution >= 4 is 0 Å². The topological polar surface area (TPSA) is 3.24 Å². The largest absolute Gasteiger partial charge is 0.309 e. The Morgan fingerprint density at radius 2 is 1.84 bits per heavy atom. The average molecular weight is 257 g/mol. The zero-order valence-electron chi connectivity index (χ0n) is 12.8. The van der Waals surface area contributed by atoms with E-state index in [1.54, 1.807) is 0 Å². The summed E-state index contributed by atoms with van der Waals surface area (Å²) < 4.78 is 0. The second kappa shape index (κ2) is 5.92. The Hall–Kier alpha value is -1.08. The molecule has 0 heterocycles. The summed E-state index contributed by atoms with van der Waals surface area (Å²) in [6.07, 6.45) is 7.36. The van der Waals surface area contributed by atoms with Crippen LogP contribution in [0.5, 0.6) is 0 Å². The van der Waals surface area contributed by atoms with Crippen LogP contribution in [0.4, 0.5) is 0 Å². The maximum Gasteiger partial charge on any atom is 0.00410 e. The van der Waals surface area contributed by atoms with Crippen LogP contribution in [-0.2, 0) is 6.42 Å². The summed E-state index contributed by atoms with van der Waals surface area (Å²) in [6, 6.07) is 10.9. The number of hydrogen-bond donors (Lipinski definition) is 0. The fourth-order valence-corrected chi connectivity index (χ4v) is 3.21. The van der Waals surface area contributed by atoms with E-state index in [1.807, 2.05) is 0 Å². The molecule has 2 rings (SSSR count). The van der Waals surface area contributed by atoms with E-state index in [0.717, 1.165) is 12.5 Å². The molecule has 0 fully saturated rings. The molecule has 1 aromatic carbocycles. The van der Waals surface area contributed by atoms with E-state index in [0.29, 0.717) is 11.3 Å². The highest BCUT2D eigenvalue weighted by molar-refractivity contribution is 5.17. The van der Waals surface area contributed by atoms with Gasteiger partial charge in [-0.1, -0.05) is 56.3 Å². The molecule has 104 valence electrons. The molecule has 1 aromatic rings. The summed E-state index contributed by atoms with van der Waals surface area (Å²) in [7, 11) is 4.35. The van der Waals surface area contributed by atoms with Crippen LogP contribution in [0.15, 0.2) is 42.5 Å². The number of hydrogen-bond acceptors (Lipinski definition) is 1. The molecular formula is C18H27N. The fraction of sp³-hybridized carbons (Fsp3) is 0.556. The van der Waals surface area contributed by atoms with E-state index in [-0.39, 0.29) is 0 Å². The van der Waals surface area contributed by atoms with Crippen LogP contribution in [-0.4, -0.2) is 25.5 Å². The molecule has 1 aliphatic rings. The van der Waals surface area contributed by atoms with Gasteiger partial charge in [-0.3, -0.25) is 0 Å². The SMILES string of the molecule is CN(C)C[C@H]1C=CC(C)(C)C[C@@H]1Cc1ccccc1. The molecule has 0 radical (unpaired) electrons. The standard InChI is InChI=1S/C18H27N/c1-18(2)11-10-16(14-19(3)4)17(13-18)12-15-8-6-5-7-9-15/h5-11,16-17H,12-14H2,1-4H3/t16-,17+/m1/s1. The first kappa shape index (κ1) is 14.3. The Morgan fingerprint density at radius 3 is 2.47 bits per heavy atom. The Bertz CT molecular complexity index is 417. The van der Waals surface area contributed by atoms with E-state index < -0.39 is 0 Å². The molecule has 0 unspecified atom stereocenters. The molecule has 2 atom stereocenters. The van der Waals surface area contributed by atoms with Crippen LogP contribution in [0.1, 0.15) is 25.8 Å². The van der Waals surface area contributed by atoms with Crippen molar-refractivity contribution in [2.45, 2.75) is 26.7 Å². The van der Waals surface area contributed by atoms with Gasteiger partial charge in [-0.2, -0.15) is 0 Å². The van der Waals surface area contributed by atoms with Crippen LogP contribution >= 0.6 is 0 Å². The van der Waals surface area contributed by atoms with E-state index in [2.05, 4.69) is 75.3 Å². The molecule has 1 heteroatoms. The first-order valence-corrected chi connectivity index (χ1v) is 7.34. The predicted octanol–water partition coefficient (Wildman–Crippen LogP) is 4.01. The molecular weight excluding hydrogens is 230 g/mol. The molecule has 0 aliphatic heterocycles. The summed E-state index contributed by atoms with van der Waals surface area (Å²) >= 11 is 0. The number of nitrogens with zero attached hydrogens (tertiary/aromatic N) is 1. The van der Waals surface area contributed by atoms with Gasteiger partial charge in [-0.05, 0) is 49.8 Å². The zero-order chi connectivity index (χ0) is 13.9. The van der Waals surface area contributed by atoms with Crippen molar-refractivity contribution in [2.24, 2.45) is 17.3 Å². The van der Waals surface area contributed by atoms with Gasteiger partial charge in [0.25, 0.3) is 0 Å². The van der Waals surface area contributed by atoms with Crippen molar-refractivity contribution < 1.29 is 0 Å². The lowest BCUT2D eigenvalue weighted by molar-refractivity contribution is 0.211. The van der Waals surface area contributed by atoms with Gasteiger partial charge in [0, 0.05) is 6.54 Å². The first-order chi connectivity index (χ1) is 8.96. The Labute approximate surface area is 118 Å². The minimum atomic E-state index is 0.349. The Balaban J connectivity index is 2.12. The Morgan fingerprint density at radius 1 is 1.16 bits per heavy atom. The van der Waals surface area contributed by atoms with Gasteiger partial charge in [0.15, 0.2) is 0 Å². The Kier molecular flexibility index (Phi) is 4.46. The number of rotatable bonds is 4. The monoisotopic (exact) mass is 257 g/mol. The molecule has 0 bridgehead atoms. The quantitative estimate of drug-likeness (QED) is 0.737. The number of benzene rings is 1. The van der Waals surface area contributed by atoms with Crippen LogP contribution in [0.3, 0.4) is 0 Å². The van der Waals surface area contributed by atoms with Crippen LogP contribution in [0.25, 0.3) is 0 Å². The highest BCUT2D eigenvalue weighted by atomic mass is 15.1. The molecule has 0 amide bonds. The van der Waals surface area contributed by atoms with Gasteiger partial charge in [0.05, 0.1) is 0 Å². The van der Waals surface area contributed by atoms with Gasteiger partial charge in [-0.15, -0.1) is 0 Å². The van der Waals surface area contributed by atoms with Crippen LogP contribution in [0.2, 0.25) is 0 Å². The molecule has 0 spiro atoms. The first-order valence-electron chi connectivity index (χ1n) is 7.34. The van der Waals surface area contributed by atoms with E-state index in [1.165, 1.54) is 18.4 Å². The van der Waals surface area contributed by atoms with Gasteiger partial charge in [-0.25, -0.2) is 0 Å². The molecule has 0 N–H and O–H groups in total. The van der Waals surface area contributed by atoms with E-state index >= 15 is 0 Å². The van der Waals surface area contributed by atoms with Crippen molar-refractivity contribution in [1.29, 1.82) is 0 Å². The van der Waals surface area contributed by atoms with Crippen molar-refractivity contribution in [2.75, 3.05) is 20.6 Å². The summed E-state index contributed by atoms with van der Waals surface area (Å²) in [5.74, 6) is 1.44. The maximum absolute atomic E-state index is 2.46. The number of allylic oxidation sites excluding steroid dienone is 1. The highest BCUT2D eigenvalue weighted by Gasteiger charge is 2.30. The lowest BCUT2D eigenvalue weighted by Crippen LogP contribution is -2.33. The third-order valence-corrected chi connectivity index (χ3v) is 4.11. The predicted molar refractivity (Wildman–Crippen MR) is 83.2 cm³/mol.